The summed E-state index contributed by atoms with van der Waals surface area (Å²) in [6, 6.07) is 1.76. The minimum absolute atomic E-state index is 0.0108. The van der Waals surface area contributed by atoms with Crippen LogP contribution in [0, 0.1) is 0 Å². The van der Waals surface area contributed by atoms with Crippen LogP contribution in [-0.2, 0) is 16.2 Å². The topological polar surface area (TPSA) is 120 Å². The van der Waals surface area contributed by atoms with Gasteiger partial charge in [0.1, 0.15) is 0 Å². The van der Waals surface area contributed by atoms with Crippen molar-refractivity contribution in [3.8, 4) is 0 Å². The van der Waals surface area contributed by atoms with Gasteiger partial charge in [-0.15, -0.1) is 0 Å². The normalized spacial score (nSPS) is 23.2. The van der Waals surface area contributed by atoms with E-state index in [4.69, 9.17) is 17.4 Å². The number of alkyl halides is 5. The maximum Gasteiger partial charge on any atom is 0.416 e. The minimum Gasteiger partial charge on any atom is -0.350 e. The molecule has 1 saturated carbocycles. The number of piperazine rings is 1. The number of hydrogen-bond donors (Lipinski definition) is 2. The Bertz CT molecular complexity index is 1230. The number of carbonyl (C=O) groups is 1. The van der Waals surface area contributed by atoms with Crippen LogP contribution < -0.4 is 11.2 Å². The molecule has 218 valence electrons. The summed E-state index contributed by atoms with van der Waals surface area (Å²) >= 11 is 5.95. The molecule has 2 aliphatic rings. The van der Waals surface area contributed by atoms with Gasteiger partial charge in [0.15, 0.2) is 0 Å². The number of nitrogens with two attached hydrogens (primary N) is 1. The van der Waals surface area contributed by atoms with E-state index in [0.717, 1.165) is 18.3 Å². The minimum atomic E-state index is -4.64. The second kappa shape index (κ2) is 11.6. The lowest BCUT2D eigenvalue weighted by atomic mass is 9.77. The predicted octanol–water partition coefficient (Wildman–Crippen LogP) is 3.35. The van der Waals surface area contributed by atoms with Gasteiger partial charge in [-0.25, -0.2) is 17.2 Å². The van der Waals surface area contributed by atoms with Gasteiger partial charge in [0, 0.05) is 57.6 Å². The van der Waals surface area contributed by atoms with Crippen LogP contribution in [0.15, 0.2) is 28.3 Å². The molecule has 1 aromatic rings. The van der Waals surface area contributed by atoms with Gasteiger partial charge >= 0.3 is 6.18 Å². The van der Waals surface area contributed by atoms with Gasteiger partial charge in [-0.1, -0.05) is 11.6 Å². The van der Waals surface area contributed by atoms with Crippen molar-refractivity contribution in [1.82, 2.24) is 14.5 Å². The van der Waals surface area contributed by atoms with Crippen LogP contribution in [-0.4, -0.2) is 85.5 Å². The Balaban J connectivity index is 1.80. The van der Waals surface area contributed by atoms with Crippen molar-refractivity contribution >= 4 is 38.8 Å². The smallest absolute Gasteiger partial charge is 0.350 e. The third-order valence-corrected chi connectivity index (χ3v) is 9.42. The summed E-state index contributed by atoms with van der Waals surface area (Å²) in [5, 5.41) is 5.16. The first kappa shape index (κ1) is 31.2. The Hall–Kier alpha value is -2.36. The summed E-state index contributed by atoms with van der Waals surface area (Å²) in [6.07, 6.45) is -4.46. The lowest BCUT2D eigenvalue weighted by Crippen LogP contribution is -2.65. The molecule has 3 rings (SSSR count). The number of benzene rings is 1. The molecule has 1 unspecified atom stereocenters. The molecule has 2 fully saturated rings. The first-order valence-electron chi connectivity index (χ1n) is 12.1. The van der Waals surface area contributed by atoms with Crippen molar-refractivity contribution in [2.45, 2.75) is 56.3 Å². The molecule has 1 atom stereocenters. The molecule has 1 heterocycles. The highest BCUT2D eigenvalue weighted by atomic mass is 35.5. The summed E-state index contributed by atoms with van der Waals surface area (Å²) in [4.78, 5) is 18.4. The Morgan fingerprint density at radius 3 is 2.38 bits per heavy atom. The predicted molar refractivity (Wildman–Crippen MR) is 138 cm³/mol. The van der Waals surface area contributed by atoms with E-state index in [-0.39, 0.29) is 44.6 Å². The first-order valence-corrected chi connectivity index (χ1v) is 13.9. The van der Waals surface area contributed by atoms with Crippen LogP contribution >= 0.6 is 11.6 Å². The summed E-state index contributed by atoms with van der Waals surface area (Å²) in [7, 11) is -2.69. The van der Waals surface area contributed by atoms with Gasteiger partial charge < -0.3 is 11.2 Å². The number of nitrogens with one attached hydrogen (secondary N) is 1. The number of amides is 1. The monoisotopic (exact) mass is 600 g/mol. The third-order valence-electron chi connectivity index (χ3n) is 7.21. The molecule has 0 spiro atoms. The molecule has 3 N–H and O–H groups in total. The zero-order valence-corrected chi connectivity index (χ0v) is 22.9. The number of carbonyl (C=O) groups excluding carboxylic acids is 1. The van der Waals surface area contributed by atoms with E-state index in [1.165, 1.54) is 11.4 Å². The molecular formula is C23H30ClF5N6O3S. The van der Waals surface area contributed by atoms with E-state index in [1.807, 2.05) is 4.90 Å². The lowest BCUT2D eigenvalue weighted by Gasteiger charge is -2.52. The zero-order valence-electron chi connectivity index (χ0n) is 21.3. The molecule has 1 saturated heterocycles. The highest BCUT2D eigenvalue weighted by molar-refractivity contribution is 8.06. The molecule has 1 amide bonds. The standard InChI is InChI=1S/C23H30ClF5N6O3S/c1-15-13-34(9-10-35(15)39(37,38)19(33-30)12-31-2)21(5-7-22(25,26)8-6-21)14-32-20(36)17-4-3-16(11-18(17)24)23(27,28)29/h3-4,11-12,15H,5-10,13-14,30H2,1-2H3,(H,32,36). The lowest BCUT2D eigenvalue weighted by molar-refractivity contribution is -0.137. The molecule has 1 aliphatic heterocycles. The van der Waals surface area contributed by atoms with Crippen molar-refractivity contribution in [2.75, 3.05) is 33.2 Å². The molecule has 16 heteroatoms. The number of nitrogens with zero attached hydrogens (tertiary/aromatic N) is 4. The number of hydrogen-bond acceptors (Lipinski definition) is 7. The average molecular weight is 601 g/mol. The van der Waals surface area contributed by atoms with E-state index in [0.29, 0.717) is 6.07 Å². The Labute approximate surface area is 228 Å². The van der Waals surface area contributed by atoms with E-state index >= 15 is 0 Å². The van der Waals surface area contributed by atoms with Gasteiger partial charge in [-0.3, -0.25) is 14.7 Å². The highest BCUT2D eigenvalue weighted by Crippen LogP contribution is 2.42. The fourth-order valence-corrected chi connectivity index (χ4v) is 6.77. The van der Waals surface area contributed by atoms with Gasteiger partial charge in [0.05, 0.1) is 22.4 Å². The Kier molecular flexibility index (Phi) is 9.30. The van der Waals surface area contributed by atoms with Crippen LogP contribution in [0.4, 0.5) is 22.0 Å². The second-order valence-electron chi connectivity index (χ2n) is 9.72. The molecule has 1 aromatic carbocycles. The van der Waals surface area contributed by atoms with Crippen LogP contribution in [0.3, 0.4) is 0 Å². The van der Waals surface area contributed by atoms with Gasteiger partial charge in [-0.05, 0) is 38.0 Å². The summed E-state index contributed by atoms with van der Waals surface area (Å²) in [5.74, 6) is 1.62. The molecule has 9 nitrogen and oxygen atoms in total. The van der Waals surface area contributed by atoms with E-state index < -0.39 is 68.1 Å². The summed E-state index contributed by atoms with van der Waals surface area (Å²) < 4.78 is 94.4. The number of sulfonamides is 1. The van der Waals surface area contributed by atoms with E-state index in [1.54, 1.807) is 6.92 Å². The van der Waals surface area contributed by atoms with E-state index in [9.17, 15) is 35.2 Å². The van der Waals surface area contributed by atoms with Crippen molar-refractivity contribution in [2.24, 2.45) is 15.9 Å². The first-order chi connectivity index (χ1) is 18.1. The quantitative estimate of drug-likeness (QED) is 0.171. The molecule has 39 heavy (non-hydrogen) atoms. The largest absolute Gasteiger partial charge is 0.416 e. The van der Waals surface area contributed by atoms with Crippen molar-refractivity contribution in [3.63, 3.8) is 0 Å². The molecule has 0 radical (unpaired) electrons. The average Bonchev–Trinajstić information content (AvgIpc) is 2.85. The van der Waals surface area contributed by atoms with Gasteiger partial charge in [0.2, 0.25) is 11.0 Å². The van der Waals surface area contributed by atoms with Gasteiger partial charge in [0.25, 0.3) is 15.9 Å². The van der Waals surface area contributed by atoms with Gasteiger partial charge in [-0.2, -0.15) is 22.6 Å². The molecule has 1 aliphatic carbocycles. The number of aliphatic imine (C=N–C) groups is 1. The number of hydrazone groups is 1. The third kappa shape index (κ3) is 6.87. The SMILES string of the molecule is CN=CC(=NN)S(=O)(=O)N1CCN(C2(CNC(=O)c3ccc(C(F)(F)F)cc3Cl)CCC(F)(F)CC2)CC1C. The van der Waals surface area contributed by atoms with Crippen molar-refractivity contribution in [3.05, 3.63) is 34.3 Å². The zero-order chi connectivity index (χ0) is 29.2. The van der Waals surface area contributed by atoms with Crippen molar-refractivity contribution < 1.29 is 35.2 Å². The molecule has 0 bridgehead atoms. The maximum atomic E-state index is 14.1. The van der Waals surface area contributed by atoms with Crippen LogP contribution in [0.5, 0.6) is 0 Å². The highest BCUT2D eigenvalue weighted by Gasteiger charge is 2.49. The number of halogens is 6. The summed E-state index contributed by atoms with van der Waals surface area (Å²) in [6.45, 7) is 1.93. The Morgan fingerprint density at radius 1 is 1.23 bits per heavy atom. The fraction of sp³-hybridized carbons (Fsp3) is 0.609. The van der Waals surface area contributed by atoms with Crippen molar-refractivity contribution in [1.29, 1.82) is 0 Å². The van der Waals surface area contributed by atoms with E-state index in [2.05, 4.69) is 15.4 Å². The molecular weight excluding hydrogens is 571 g/mol. The molecule has 0 aromatic heterocycles. The fourth-order valence-electron chi connectivity index (χ4n) is 5.03. The summed E-state index contributed by atoms with van der Waals surface area (Å²) in [5.41, 5.74) is -2.13. The second-order valence-corrected chi connectivity index (χ2v) is 12.0. The van der Waals surface area contributed by atoms with Crippen LogP contribution in [0.2, 0.25) is 5.02 Å². The van der Waals surface area contributed by atoms with Crippen LogP contribution in [0.1, 0.15) is 48.5 Å². The van der Waals surface area contributed by atoms with Crippen LogP contribution in [0.25, 0.3) is 0 Å². The number of rotatable bonds is 6. The maximum absolute atomic E-state index is 14.1. The Morgan fingerprint density at radius 2 is 1.87 bits per heavy atom.